The van der Waals surface area contributed by atoms with Crippen molar-refractivity contribution in [2.24, 2.45) is 5.41 Å². The summed E-state index contributed by atoms with van der Waals surface area (Å²) in [7, 11) is 2.19. The number of carbonyl (C=O) groups is 2. The summed E-state index contributed by atoms with van der Waals surface area (Å²) in [5.74, 6) is 2.22. The van der Waals surface area contributed by atoms with Crippen molar-refractivity contribution in [3.8, 4) is 22.8 Å². The smallest absolute Gasteiger partial charge is 0.329 e. The minimum Gasteiger partial charge on any atom is -0.455 e. The molecule has 2 saturated heterocycles. The van der Waals surface area contributed by atoms with Crippen molar-refractivity contribution in [2.45, 2.75) is 51.4 Å². The summed E-state index contributed by atoms with van der Waals surface area (Å²) in [6.07, 6.45) is 7.74. The zero-order chi connectivity index (χ0) is 27.0. The molecule has 0 radical (unpaired) electrons. The van der Waals surface area contributed by atoms with Crippen molar-refractivity contribution in [3.05, 3.63) is 66.0 Å². The average molecular weight is 526 g/mol. The van der Waals surface area contributed by atoms with Crippen molar-refractivity contribution in [2.75, 3.05) is 32.0 Å². The van der Waals surface area contributed by atoms with Gasteiger partial charge in [-0.3, -0.25) is 20.0 Å². The number of hydrogen-bond donors (Lipinski definition) is 1. The number of urea groups is 1. The van der Waals surface area contributed by atoms with Gasteiger partial charge in [0.1, 0.15) is 17.3 Å². The predicted octanol–water partition coefficient (Wildman–Crippen LogP) is 5.99. The lowest BCUT2D eigenvalue weighted by Crippen LogP contribution is -2.43. The van der Waals surface area contributed by atoms with Gasteiger partial charge < -0.3 is 9.64 Å². The molecule has 1 aliphatic carbocycles. The van der Waals surface area contributed by atoms with E-state index in [1.807, 2.05) is 19.1 Å². The van der Waals surface area contributed by atoms with Gasteiger partial charge in [0.05, 0.1) is 16.8 Å². The van der Waals surface area contributed by atoms with Gasteiger partial charge in [-0.25, -0.2) is 9.78 Å². The molecule has 1 saturated carbocycles. The number of likely N-dealkylation sites (tertiary alicyclic amines) is 2. The highest BCUT2D eigenvalue weighted by Gasteiger charge is 2.52. The monoisotopic (exact) mass is 525 g/mol. The Morgan fingerprint density at radius 1 is 1.03 bits per heavy atom. The number of anilines is 1. The molecule has 8 heteroatoms. The topological polar surface area (TPSA) is 87.7 Å². The lowest BCUT2D eigenvalue weighted by Gasteiger charge is -2.35. The Hall–Kier alpha value is -3.78. The fourth-order valence-corrected chi connectivity index (χ4v) is 6.01. The number of rotatable bonds is 5. The summed E-state index contributed by atoms with van der Waals surface area (Å²) < 4.78 is 6.14. The summed E-state index contributed by atoms with van der Waals surface area (Å²) in [6, 6.07) is 15.6. The molecule has 202 valence electrons. The highest BCUT2D eigenvalue weighted by atomic mass is 16.5. The van der Waals surface area contributed by atoms with E-state index in [-0.39, 0.29) is 11.3 Å². The number of ether oxygens (including phenoxy) is 1. The number of carbonyl (C=O) groups excluding carboxylic acids is 2. The fourth-order valence-electron chi connectivity index (χ4n) is 6.01. The first-order valence-electron chi connectivity index (χ1n) is 13.9. The second-order valence-electron chi connectivity index (χ2n) is 11.2. The van der Waals surface area contributed by atoms with Crippen LogP contribution in [0.15, 0.2) is 54.7 Å². The number of pyridine rings is 2. The molecular weight excluding hydrogens is 490 g/mol. The Morgan fingerprint density at radius 2 is 1.79 bits per heavy atom. The van der Waals surface area contributed by atoms with Crippen LogP contribution in [-0.2, 0) is 4.79 Å². The highest BCUT2D eigenvalue weighted by molar-refractivity contribution is 6.04. The zero-order valence-corrected chi connectivity index (χ0v) is 22.7. The van der Waals surface area contributed by atoms with E-state index in [0.29, 0.717) is 35.5 Å². The lowest BCUT2D eigenvalue weighted by atomic mass is 9.68. The first-order chi connectivity index (χ1) is 18.9. The van der Waals surface area contributed by atoms with Crippen LogP contribution in [0.3, 0.4) is 0 Å². The molecular formula is C31H35N5O3. The Bertz CT molecular complexity index is 1380. The largest absolute Gasteiger partial charge is 0.455 e. The van der Waals surface area contributed by atoms with Gasteiger partial charge in [-0.1, -0.05) is 30.7 Å². The van der Waals surface area contributed by atoms with E-state index in [1.54, 1.807) is 18.3 Å². The second kappa shape index (κ2) is 10.4. The third-order valence-corrected chi connectivity index (χ3v) is 8.70. The molecule has 2 aliphatic heterocycles. The van der Waals surface area contributed by atoms with E-state index in [9.17, 15) is 9.59 Å². The molecule has 0 atom stereocenters. The average Bonchev–Trinajstić information content (AvgIpc) is 3.29. The number of aryl methyl sites for hydroxylation is 1. The number of piperidine rings is 1. The minimum atomic E-state index is -0.412. The minimum absolute atomic E-state index is 0.0483. The van der Waals surface area contributed by atoms with E-state index >= 15 is 0 Å². The van der Waals surface area contributed by atoms with Crippen LogP contribution < -0.4 is 10.1 Å². The molecule has 3 aliphatic rings. The van der Waals surface area contributed by atoms with Crippen molar-refractivity contribution < 1.29 is 14.3 Å². The van der Waals surface area contributed by atoms with Gasteiger partial charge >= 0.3 is 6.03 Å². The fraction of sp³-hybridized carbons (Fsp3) is 0.419. The van der Waals surface area contributed by atoms with Gasteiger partial charge in [0.15, 0.2) is 0 Å². The molecule has 2 aromatic heterocycles. The Morgan fingerprint density at radius 3 is 2.46 bits per heavy atom. The number of nitrogens with zero attached hydrogens (tertiary/aromatic N) is 4. The van der Waals surface area contributed by atoms with Crippen molar-refractivity contribution >= 4 is 17.8 Å². The van der Waals surface area contributed by atoms with Gasteiger partial charge in [-0.15, -0.1) is 0 Å². The maximum atomic E-state index is 12.8. The number of amides is 3. The lowest BCUT2D eigenvalue weighted by molar-refractivity contribution is -0.137. The Balaban J connectivity index is 1.10. The first-order valence-corrected chi connectivity index (χ1v) is 13.9. The molecule has 1 aromatic carbocycles. The van der Waals surface area contributed by atoms with E-state index in [2.05, 4.69) is 51.5 Å². The molecule has 1 N–H and O–H groups in total. The predicted molar refractivity (Wildman–Crippen MR) is 150 cm³/mol. The maximum absolute atomic E-state index is 12.8. The normalized spacial score (nSPS) is 19.2. The van der Waals surface area contributed by atoms with Crippen LogP contribution in [0.25, 0.3) is 11.3 Å². The molecule has 6 rings (SSSR count). The molecule has 0 unspecified atom stereocenters. The van der Waals surface area contributed by atoms with E-state index in [1.165, 1.54) is 23.3 Å². The van der Waals surface area contributed by atoms with Crippen molar-refractivity contribution in [3.63, 3.8) is 0 Å². The van der Waals surface area contributed by atoms with Gasteiger partial charge in [-0.05, 0) is 88.8 Å². The number of benzene rings is 1. The number of aromatic nitrogens is 2. The van der Waals surface area contributed by atoms with Crippen molar-refractivity contribution in [1.82, 2.24) is 19.8 Å². The Kier molecular flexibility index (Phi) is 6.81. The molecule has 4 heterocycles. The van der Waals surface area contributed by atoms with E-state index < -0.39 is 6.03 Å². The van der Waals surface area contributed by atoms with Crippen LogP contribution in [0.5, 0.6) is 11.5 Å². The molecule has 3 amide bonds. The second-order valence-corrected chi connectivity index (χ2v) is 11.2. The standard InChI is InChI=1S/C31H35N5O3/c1-21-27(8-9-28(33-21)34-30(38)36-19-15-31(29(36)37)13-3-14-31)39-25-10-16-32-26(20-25)24-6-4-22(5-7-24)23-11-17-35(2)18-12-23/h4-10,16,20,23H,3,11-15,17-19H2,1-2H3,(H,33,34,38). The van der Waals surface area contributed by atoms with Gasteiger partial charge in [0.25, 0.3) is 0 Å². The van der Waals surface area contributed by atoms with Gasteiger partial charge in [0, 0.05) is 24.4 Å². The number of hydrogen-bond acceptors (Lipinski definition) is 6. The Labute approximate surface area is 229 Å². The van der Waals surface area contributed by atoms with Crippen LogP contribution in [0.2, 0.25) is 0 Å². The highest BCUT2D eigenvalue weighted by Crippen LogP contribution is 2.49. The summed E-state index contributed by atoms with van der Waals surface area (Å²) >= 11 is 0. The molecule has 3 aromatic rings. The van der Waals surface area contributed by atoms with Crippen LogP contribution in [0.1, 0.15) is 55.7 Å². The zero-order valence-electron chi connectivity index (χ0n) is 22.7. The molecule has 3 fully saturated rings. The quantitative estimate of drug-likeness (QED) is 0.440. The first kappa shape index (κ1) is 25.5. The summed E-state index contributed by atoms with van der Waals surface area (Å²) in [5, 5.41) is 2.78. The van der Waals surface area contributed by atoms with Gasteiger partial charge in [-0.2, -0.15) is 0 Å². The van der Waals surface area contributed by atoms with Gasteiger partial charge in [0.2, 0.25) is 5.91 Å². The summed E-state index contributed by atoms with van der Waals surface area (Å²) in [4.78, 5) is 38.2. The van der Waals surface area contributed by atoms with Crippen LogP contribution in [0.4, 0.5) is 10.6 Å². The molecule has 1 spiro atoms. The molecule has 8 nitrogen and oxygen atoms in total. The van der Waals surface area contributed by atoms with Crippen LogP contribution in [0, 0.1) is 12.3 Å². The van der Waals surface area contributed by atoms with Crippen LogP contribution >= 0.6 is 0 Å². The van der Waals surface area contributed by atoms with Crippen molar-refractivity contribution in [1.29, 1.82) is 0 Å². The maximum Gasteiger partial charge on any atom is 0.329 e. The third kappa shape index (κ3) is 5.13. The third-order valence-electron chi connectivity index (χ3n) is 8.70. The number of imide groups is 1. The van der Waals surface area contributed by atoms with E-state index in [4.69, 9.17) is 4.74 Å². The SMILES string of the molecule is Cc1nc(NC(=O)N2CCC3(CCC3)C2=O)ccc1Oc1ccnc(-c2ccc(C3CCN(C)CC3)cc2)c1. The van der Waals surface area contributed by atoms with Crippen LogP contribution in [-0.4, -0.2) is 58.4 Å². The molecule has 0 bridgehead atoms. The van der Waals surface area contributed by atoms with E-state index in [0.717, 1.165) is 50.0 Å². The molecule has 39 heavy (non-hydrogen) atoms. The number of nitrogens with one attached hydrogen (secondary N) is 1. The summed E-state index contributed by atoms with van der Waals surface area (Å²) in [5.41, 5.74) is 3.62. The summed E-state index contributed by atoms with van der Waals surface area (Å²) in [6.45, 7) is 4.59.